The van der Waals surface area contributed by atoms with Crippen LogP contribution >= 0.6 is 0 Å². The molecule has 1 fully saturated rings. The van der Waals surface area contributed by atoms with Crippen LogP contribution < -0.4 is 14.9 Å². The predicted octanol–water partition coefficient (Wildman–Crippen LogP) is 1.48. The van der Waals surface area contributed by atoms with Crippen molar-refractivity contribution in [2.24, 2.45) is 11.0 Å². The number of carbonyl (C=O) groups is 2. The fourth-order valence-corrected chi connectivity index (χ4v) is 1.61. The monoisotopic (exact) mass is 276 g/mol. The SMILES string of the molecule is COc1cc(/C=N/NC(=O)C2CC2)ccc1OC(C)=O. The number of carbonyl (C=O) groups excluding carboxylic acids is 2. The van der Waals surface area contributed by atoms with Crippen molar-refractivity contribution < 1.29 is 19.1 Å². The molecule has 0 spiro atoms. The van der Waals surface area contributed by atoms with Crippen LogP contribution in [0.5, 0.6) is 11.5 Å². The van der Waals surface area contributed by atoms with Crippen molar-refractivity contribution in [2.45, 2.75) is 19.8 Å². The molecule has 1 aliphatic rings. The first-order valence-electron chi connectivity index (χ1n) is 6.29. The Bertz CT molecular complexity index is 550. The number of nitrogens with zero attached hydrogens (tertiary/aromatic N) is 1. The molecule has 0 bridgehead atoms. The summed E-state index contributed by atoms with van der Waals surface area (Å²) in [6.45, 7) is 1.32. The largest absolute Gasteiger partial charge is 0.493 e. The van der Waals surface area contributed by atoms with Crippen LogP contribution in [0, 0.1) is 5.92 Å². The highest BCUT2D eigenvalue weighted by molar-refractivity contribution is 5.85. The summed E-state index contributed by atoms with van der Waals surface area (Å²) in [5.74, 6) is 0.427. The van der Waals surface area contributed by atoms with Gasteiger partial charge in [-0.05, 0) is 36.6 Å². The summed E-state index contributed by atoms with van der Waals surface area (Å²) in [5, 5.41) is 3.88. The summed E-state index contributed by atoms with van der Waals surface area (Å²) in [7, 11) is 1.48. The fraction of sp³-hybridized carbons (Fsp3) is 0.357. The number of rotatable bonds is 5. The van der Waals surface area contributed by atoms with Gasteiger partial charge in [-0.1, -0.05) is 0 Å². The molecule has 20 heavy (non-hydrogen) atoms. The smallest absolute Gasteiger partial charge is 0.308 e. The summed E-state index contributed by atoms with van der Waals surface area (Å²) in [4.78, 5) is 22.3. The molecule has 106 valence electrons. The Morgan fingerprint density at radius 1 is 1.35 bits per heavy atom. The van der Waals surface area contributed by atoms with Crippen molar-refractivity contribution in [3.63, 3.8) is 0 Å². The molecule has 1 aromatic carbocycles. The molecule has 1 amide bonds. The number of hydrazone groups is 1. The summed E-state index contributed by atoms with van der Waals surface area (Å²) >= 11 is 0. The summed E-state index contributed by atoms with van der Waals surface area (Å²) in [6, 6.07) is 5.00. The van der Waals surface area contributed by atoms with Gasteiger partial charge in [-0.2, -0.15) is 5.10 Å². The Morgan fingerprint density at radius 3 is 2.70 bits per heavy atom. The van der Waals surface area contributed by atoms with E-state index in [0.29, 0.717) is 11.5 Å². The lowest BCUT2D eigenvalue weighted by Crippen LogP contribution is -2.18. The first-order valence-corrected chi connectivity index (χ1v) is 6.29. The van der Waals surface area contributed by atoms with Gasteiger partial charge in [-0.3, -0.25) is 9.59 Å². The molecule has 1 aromatic rings. The lowest BCUT2D eigenvalue weighted by molar-refractivity contribution is -0.132. The maximum Gasteiger partial charge on any atom is 0.308 e. The number of nitrogens with one attached hydrogen (secondary N) is 1. The van der Waals surface area contributed by atoms with Crippen LogP contribution in [0.1, 0.15) is 25.3 Å². The van der Waals surface area contributed by atoms with E-state index < -0.39 is 5.97 Å². The highest BCUT2D eigenvalue weighted by Gasteiger charge is 2.29. The van der Waals surface area contributed by atoms with Gasteiger partial charge >= 0.3 is 5.97 Å². The Labute approximate surface area is 116 Å². The maximum atomic E-state index is 11.4. The lowest BCUT2D eigenvalue weighted by Gasteiger charge is -2.08. The van der Waals surface area contributed by atoms with Crippen LogP contribution in [0.4, 0.5) is 0 Å². The van der Waals surface area contributed by atoms with Crippen LogP contribution in [-0.2, 0) is 9.59 Å². The Hall–Kier alpha value is -2.37. The number of hydrogen-bond donors (Lipinski definition) is 1. The van der Waals surface area contributed by atoms with Crippen molar-refractivity contribution in [3.8, 4) is 11.5 Å². The molecule has 1 saturated carbocycles. The molecule has 2 rings (SSSR count). The standard InChI is InChI=1S/C14H16N2O4/c1-9(17)20-12-6-3-10(7-13(12)19-2)8-15-16-14(18)11-4-5-11/h3,6-8,11H,4-5H2,1-2H3,(H,16,18)/b15-8+. The average Bonchev–Trinajstić information content (AvgIpc) is 3.24. The molecular formula is C14H16N2O4. The molecule has 0 aromatic heterocycles. The first kappa shape index (κ1) is 14.0. The van der Waals surface area contributed by atoms with E-state index in [1.165, 1.54) is 20.2 Å². The van der Waals surface area contributed by atoms with Crippen molar-refractivity contribution in [1.82, 2.24) is 5.43 Å². The molecule has 0 aliphatic heterocycles. The summed E-state index contributed by atoms with van der Waals surface area (Å²) < 4.78 is 10.1. The van der Waals surface area contributed by atoms with Crippen LogP contribution in [0.25, 0.3) is 0 Å². The second-order valence-electron chi connectivity index (χ2n) is 4.51. The van der Waals surface area contributed by atoms with Gasteiger partial charge in [0.15, 0.2) is 11.5 Å². The number of benzene rings is 1. The van der Waals surface area contributed by atoms with E-state index in [2.05, 4.69) is 10.5 Å². The minimum absolute atomic E-state index is 0.0512. The summed E-state index contributed by atoms with van der Waals surface area (Å²) in [5.41, 5.74) is 3.21. The van der Waals surface area contributed by atoms with Crippen molar-refractivity contribution in [3.05, 3.63) is 23.8 Å². The molecular weight excluding hydrogens is 260 g/mol. The number of esters is 1. The van der Waals surface area contributed by atoms with Gasteiger partial charge in [0.1, 0.15) is 0 Å². The number of amides is 1. The molecule has 0 unspecified atom stereocenters. The molecule has 6 heteroatoms. The Morgan fingerprint density at radius 2 is 2.10 bits per heavy atom. The Kier molecular flexibility index (Phi) is 4.34. The summed E-state index contributed by atoms with van der Waals surface area (Å²) in [6.07, 6.45) is 3.39. The minimum atomic E-state index is -0.415. The highest BCUT2D eigenvalue weighted by Crippen LogP contribution is 2.29. The van der Waals surface area contributed by atoms with Gasteiger partial charge in [-0.15, -0.1) is 0 Å². The molecule has 6 nitrogen and oxygen atoms in total. The van der Waals surface area contributed by atoms with Gasteiger partial charge < -0.3 is 9.47 Å². The van der Waals surface area contributed by atoms with E-state index in [-0.39, 0.29) is 11.8 Å². The zero-order valence-electron chi connectivity index (χ0n) is 11.4. The van der Waals surface area contributed by atoms with Gasteiger partial charge in [-0.25, -0.2) is 5.43 Å². The third-order valence-electron chi connectivity index (χ3n) is 2.78. The maximum absolute atomic E-state index is 11.4. The molecule has 0 radical (unpaired) electrons. The van der Waals surface area contributed by atoms with Crippen molar-refractivity contribution in [2.75, 3.05) is 7.11 Å². The second kappa shape index (κ2) is 6.18. The zero-order valence-corrected chi connectivity index (χ0v) is 11.4. The van der Waals surface area contributed by atoms with Crippen LogP contribution in [0.2, 0.25) is 0 Å². The topological polar surface area (TPSA) is 77.0 Å². The first-order chi connectivity index (χ1) is 9.60. The zero-order chi connectivity index (χ0) is 14.5. The van der Waals surface area contributed by atoms with E-state index >= 15 is 0 Å². The minimum Gasteiger partial charge on any atom is -0.493 e. The lowest BCUT2D eigenvalue weighted by atomic mass is 10.2. The van der Waals surface area contributed by atoms with E-state index in [1.807, 2.05) is 0 Å². The predicted molar refractivity (Wildman–Crippen MR) is 72.8 cm³/mol. The van der Waals surface area contributed by atoms with E-state index in [1.54, 1.807) is 18.2 Å². The fourth-order valence-electron chi connectivity index (χ4n) is 1.61. The molecule has 1 aliphatic carbocycles. The van der Waals surface area contributed by atoms with Crippen LogP contribution in [-0.4, -0.2) is 25.2 Å². The Balaban J connectivity index is 2.02. The van der Waals surface area contributed by atoms with Crippen LogP contribution in [0.3, 0.4) is 0 Å². The quantitative estimate of drug-likeness (QED) is 0.382. The van der Waals surface area contributed by atoms with Gasteiger partial charge in [0.2, 0.25) is 5.91 Å². The number of ether oxygens (including phenoxy) is 2. The van der Waals surface area contributed by atoms with E-state index in [0.717, 1.165) is 18.4 Å². The highest BCUT2D eigenvalue weighted by atomic mass is 16.6. The molecule has 0 atom stereocenters. The molecule has 1 N–H and O–H groups in total. The average molecular weight is 276 g/mol. The van der Waals surface area contributed by atoms with Crippen molar-refractivity contribution >= 4 is 18.1 Å². The van der Waals surface area contributed by atoms with E-state index in [4.69, 9.17) is 9.47 Å². The number of methoxy groups -OCH3 is 1. The second-order valence-corrected chi connectivity index (χ2v) is 4.51. The van der Waals surface area contributed by atoms with Gasteiger partial charge in [0, 0.05) is 12.8 Å². The third kappa shape index (κ3) is 3.81. The van der Waals surface area contributed by atoms with Gasteiger partial charge in [0.05, 0.1) is 13.3 Å². The molecule has 0 saturated heterocycles. The normalized spacial score (nSPS) is 14.1. The van der Waals surface area contributed by atoms with Gasteiger partial charge in [0.25, 0.3) is 0 Å². The number of hydrogen-bond acceptors (Lipinski definition) is 5. The van der Waals surface area contributed by atoms with Crippen LogP contribution in [0.15, 0.2) is 23.3 Å². The van der Waals surface area contributed by atoms with E-state index in [9.17, 15) is 9.59 Å². The third-order valence-corrected chi connectivity index (χ3v) is 2.78. The molecule has 0 heterocycles. The van der Waals surface area contributed by atoms with Crippen molar-refractivity contribution in [1.29, 1.82) is 0 Å².